The molecule has 118 valence electrons. The van der Waals surface area contributed by atoms with Crippen LogP contribution in [0.1, 0.15) is 10.8 Å². The molecular formula is C16H15N3O2S2. The molecule has 3 rings (SSSR count). The second kappa shape index (κ2) is 7.43. The number of nitrogens with zero attached hydrogens (tertiary/aromatic N) is 3. The van der Waals surface area contributed by atoms with E-state index in [0.29, 0.717) is 12.3 Å². The van der Waals surface area contributed by atoms with Crippen LogP contribution >= 0.6 is 23.1 Å². The molecule has 0 aliphatic heterocycles. The topological polar surface area (TPSA) is 59.2 Å². The fourth-order valence-corrected chi connectivity index (χ4v) is 3.72. The minimum absolute atomic E-state index is 0.00505. The van der Waals surface area contributed by atoms with Crippen molar-refractivity contribution < 1.29 is 9.21 Å². The number of furan rings is 1. The van der Waals surface area contributed by atoms with Gasteiger partial charge in [0.1, 0.15) is 10.8 Å². The molecule has 0 N–H and O–H groups in total. The van der Waals surface area contributed by atoms with Gasteiger partial charge in [-0.2, -0.15) is 0 Å². The molecule has 0 radical (unpaired) electrons. The number of carbonyl (C=O) groups is 1. The van der Waals surface area contributed by atoms with Gasteiger partial charge in [-0.25, -0.2) is 0 Å². The predicted molar refractivity (Wildman–Crippen MR) is 91.7 cm³/mol. The van der Waals surface area contributed by atoms with Gasteiger partial charge in [0.25, 0.3) is 0 Å². The van der Waals surface area contributed by atoms with Crippen molar-refractivity contribution in [2.75, 3.05) is 10.7 Å². The summed E-state index contributed by atoms with van der Waals surface area (Å²) < 4.78 is 6.19. The van der Waals surface area contributed by atoms with Crippen LogP contribution in [0.15, 0.2) is 57.5 Å². The van der Waals surface area contributed by atoms with Gasteiger partial charge in [-0.15, -0.1) is 10.2 Å². The number of hydrogen-bond donors (Lipinski definition) is 0. The molecule has 0 saturated carbocycles. The first-order valence-electron chi connectivity index (χ1n) is 7.03. The van der Waals surface area contributed by atoms with Crippen LogP contribution in [0.2, 0.25) is 0 Å². The van der Waals surface area contributed by atoms with E-state index in [1.54, 1.807) is 11.2 Å². The molecule has 5 nitrogen and oxygen atoms in total. The Labute approximate surface area is 142 Å². The van der Waals surface area contributed by atoms with Crippen molar-refractivity contribution in [3.05, 3.63) is 59.5 Å². The lowest BCUT2D eigenvalue weighted by molar-refractivity contribution is -0.116. The van der Waals surface area contributed by atoms with Crippen LogP contribution in [0.25, 0.3) is 0 Å². The lowest BCUT2D eigenvalue weighted by Gasteiger charge is -2.21. The molecule has 2 heterocycles. The Morgan fingerprint density at radius 2 is 2.04 bits per heavy atom. The van der Waals surface area contributed by atoms with Gasteiger partial charge < -0.3 is 9.32 Å². The summed E-state index contributed by atoms with van der Waals surface area (Å²) in [6.45, 7) is 2.31. The number of aryl methyl sites for hydroxylation is 1. The Kier molecular flexibility index (Phi) is 5.09. The smallest absolute Gasteiger partial charge is 0.237 e. The first-order valence-corrected chi connectivity index (χ1v) is 8.83. The van der Waals surface area contributed by atoms with Crippen molar-refractivity contribution >= 4 is 34.7 Å². The maximum absolute atomic E-state index is 12.7. The highest BCUT2D eigenvalue weighted by molar-refractivity contribution is 8.01. The Bertz CT molecular complexity index is 757. The Morgan fingerprint density at radius 3 is 2.70 bits per heavy atom. The molecule has 0 aliphatic rings. The van der Waals surface area contributed by atoms with Gasteiger partial charge in [-0.3, -0.25) is 4.79 Å². The zero-order valence-electron chi connectivity index (χ0n) is 12.5. The summed E-state index contributed by atoms with van der Waals surface area (Å²) >= 11 is 2.90. The summed E-state index contributed by atoms with van der Waals surface area (Å²) in [6.07, 6.45) is 1.61. The molecule has 0 unspecified atom stereocenters. The fraction of sp³-hybridized carbons (Fsp3) is 0.188. The molecule has 0 saturated heterocycles. The Morgan fingerprint density at radius 1 is 1.22 bits per heavy atom. The van der Waals surface area contributed by atoms with Gasteiger partial charge in [-0.05, 0) is 31.2 Å². The molecule has 3 aromatic rings. The normalized spacial score (nSPS) is 10.7. The summed E-state index contributed by atoms with van der Waals surface area (Å²) in [7, 11) is 0. The molecule has 1 amide bonds. The van der Waals surface area contributed by atoms with E-state index < -0.39 is 0 Å². The van der Waals surface area contributed by atoms with Crippen LogP contribution in [0.5, 0.6) is 0 Å². The molecule has 1 aromatic carbocycles. The van der Waals surface area contributed by atoms with Gasteiger partial charge in [0.2, 0.25) is 5.91 Å². The first-order chi connectivity index (χ1) is 11.2. The van der Waals surface area contributed by atoms with Crippen molar-refractivity contribution in [1.82, 2.24) is 10.2 Å². The highest BCUT2D eigenvalue weighted by atomic mass is 32.2. The summed E-state index contributed by atoms with van der Waals surface area (Å²) in [5, 5.41) is 8.90. The Hall–Kier alpha value is -2.12. The molecule has 7 heteroatoms. The summed E-state index contributed by atoms with van der Waals surface area (Å²) in [6, 6.07) is 13.3. The average molecular weight is 345 g/mol. The average Bonchev–Trinajstić information content (AvgIpc) is 3.23. The number of aromatic nitrogens is 2. The third-order valence-corrected chi connectivity index (χ3v) is 5.05. The molecule has 0 bridgehead atoms. The maximum Gasteiger partial charge on any atom is 0.237 e. The zero-order valence-corrected chi connectivity index (χ0v) is 14.1. The van der Waals surface area contributed by atoms with Crippen molar-refractivity contribution in [1.29, 1.82) is 0 Å². The second-order valence-electron chi connectivity index (χ2n) is 4.77. The van der Waals surface area contributed by atoms with Crippen LogP contribution in [0, 0.1) is 6.92 Å². The third kappa shape index (κ3) is 4.20. The molecule has 23 heavy (non-hydrogen) atoms. The van der Waals surface area contributed by atoms with Crippen LogP contribution < -0.4 is 4.90 Å². The van der Waals surface area contributed by atoms with E-state index in [0.717, 1.165) is 20.8 Å². The van der Waals surface area contributed by atoms with Gasteiger partial charge in [-0.1, -0.05) is 41.3 Å². The predicted octanol–water partition coefficient (Wildman–Crippen LogP) is 3.77. The van der Waals surface area contributed by atoms with E-state index in [4.69, 9.17) is 4.42 Å². The summed E-state index contributed by atoms with van der Waals surface area (Å²) in [5.41, 5.74) is 0.850. The molecule has 0 aliphatic carbocycles. The summed E-state index contributed by atoms with van der Waals surface area (Å²) in [5.74, 6) is 1.06. The van der Waals surface area contributed by atoms with Crippen LogP contribution in [-0.4, -0.2) is 21.9 Å². The SMILES string of the molecule is Cc1nnc(SCC(=O)N(Cc2ccco2)c2ccccc2)s1. The monoisotopic (exact) mass is 345 g/mol. The minimum atomic E-state index is 0.00505. The molecule has 0 fully saturated rings. The minimum Gasteiger partial charge on any atom is -0.467 e. The standard InChI is InChI=1S/C16H15N3O2S2/c1-12-17-18-16(23-12)22-11-15(20)19(10-14-8-5-9-21-14)13-6-3-2-4-7-13/h2-9H,10-11H2,1H3. The van der Waals surface area contributed by atoms with Gasteiger partial charge in [0.15, 0.2) is 4.34 Å². The largest absolute Gasteiger partial charge is 0.467 e. The lowest BCUT2D eigenvalue weighted by atomic mass is 10.2. The fourth-order valence-electron chi connectivity index (χ4n) is 2.03. The number of thioether (sulfide) groups is 1. The zero-order chi connectivity index (χ0) is 16.1. The van der Waals surface area contributed by atoms with Gasteiger partial charge in [0, 0.05) is 5.69 Å². The van der Waals surface area contributed by atoms with Crippen LogP contribution in [0.3, 0.4) is 0 Å². The summed E-state index contributed by atoms with van der Waals surface area (Å²) in [4.78, 5) is 14.4. The van der Waals surface area contributed by atoms with Crippen molar-refractivity contribution in [3.63, 3.8) is 0 Å². The number of benzene rings is 1. The molecule has 0 spiro atoms. The number of rotatable bonds is 6. The third-order valence-electron chi connectivity index (χ3n) is 3.09. The van der Waals surface area contributed by atoms with Crippen molar-refractivity contribution in [3.8, 4) is 0 Å². The van der Waals surface area contributed by atoms with Gasteiger partial charge in [0.05, 0.1) is 18.6 Å². The van der Waals surface area contributed by atoms with E-state index in [9.17, 15) is 4.79 Å². The molecular weight excluding hydrogens is 330 g/mol. The maximum atomic E-state index is 12.7. The van der Waals surface area contributed by atoms with E-state index in [-0.39, 0.29) is 5.91 Å². The first kappa shape index (κ1) is 15.8. The highest BCUT2D eigenvalue weighted by Gasteiger charge is 2.18. The number of amides is 1. The van der Waals surface area contributed by atoms with E-state index in [1.165, 1.54) is 23.1 Å². The highest BCUT2D eigenvalue weighted by Crippen LogP contribution is 2.24. The van der Waals surface area contributed by atoms with Crippen LogP contribution in [0.4, 0.5) is 5.69 Å². The number of hydrogen-bond acceptors (Lipinski definition) is 6. The van der Waals surface area contributed by atoms with Crippen LogP contribution in [-0.2, 0) is 11.3 Å². The number of carbonyl (C=O) groups excluding carboxylic acids is 1. The Balaban J connectivity index is 1.73. The second-order valence-corrected chi connectivity index (χ2v) is 7.17. The van der Waals surface area contributed by atoms with Crippen molar-refractivity contribution in [2.45, 2.75) is 17.8 Å². The van der Waals surface area contributed by atoms with Crippen molar-refractivity contribution in [2.24, 2.45) is 0 Å². The van der Waals surface area contributed by atoms with E-state index in [2.05, 4.69) is 10.2 Å². The number of anilines is 1. The molecule has 2 aromatic heterocycles. The molecule has 0 atom stereocenters. The van der Waals surface area contributed by atoms with E-state index in [1.807, 2.05) is 49.4 Å². The number of para-hydroxylation sites is 1. The van der Waals surface area contributed by atoms with E-state index >= 15 is 0 Å². The quantitative estimate of drug-likeness (QED) is 0.637. The van der Waals surface area contributed by atoms with Gasteiger partial charge >= 0.3 is 0 Å². The lowest BCUT2D eigenvalue weighted by Crippen LogP contribution is -2.31.